The third-order valence-electron chi connectivity index (χ3n) is 0.919. The molecule has 0 saturated carbocycles. The maximum absolute atomic E-state index is 10.7. The second-order valence-electron chi connectivity index (χ2n) is 1.79. The molecule has 12 heavy (non-hydrogen) atoms. The number of carbonyl (C=O) groups is 1. The molecule has 0 aromatic heterocycles. The van der Waals surface area contributed by atoms with Crippen LogP contribution in [0.25, 0.3) is 0 Å². The molecule has 0 aliphatic carbocycles. The molecule has 0 bridgehead atoms. The molecule has 0 unspecified atom stereocenters. The van der Waals surface area contributed by atoms with E-state index >= 15 is 0 Å². The van der Waals surface area contributed by atoms with E-state index in [9.17, 15) is 4.79 Å². The third-order valence-corrected chi connectivity index (χ3v) is 0.919. The quantitative estimate of drug-likeness (QED) is 0.207. The lowest BCUT2D eigenvalue weighted by atomic mass is 10.6. The van der Waals surface area contributed by atoms with Crippen molar-refractivity contribution in [2.75, 3.05) is 13.2 Å². The molecule has 3 nitrogen and oxygen atoms in total. The molecule has 0 heterocycles. The minimum Gasteiger partial charge on any atom is -0.488 e. The first-order valence-corrected chi connectivity index (χ1v) is 3.65. The predicted octanol–water partition coefficient (Wildman–Crippen LogP) is 1.10. The van der Waals surface area contributed by atoms with Gasteiger partial charge in [0.25, 0.3) is 0 Å². The zero-order valence-electron chi connectivity index (χ0n) is 7.29. The fraction of sp³-hybridized carbons (Fsp3) is 0.444. The summed E-state index contributed by atoms with van der Waals surface area (Å²) < 4.78 is 9.44. The molecule has 0 radical (unpaired) electrons. The largest absolute Gasteiger partial charge is 0.488 e. The number of esters is 1. The molecule has 0 saturated heterocycles. The van der Waals surface area contributed by atoms with Crippen molar-refractivity contribution in [2.45, 2.75) is 13.8 Å². The van der Waals surface area contributed by atoms with Crippen LogP contribution in [0.2, 0.25) is 0 Å². The van der Waals surface area contributed by atoms with Gasteiger partial charge in [-0.15, -0.1) is 5.92 Å². The zero-order chi connectivity index (χ0) is 9.23. The standard InChI is InChI=1S/C9H12O3/c1-3-5-7-11-8-6-9(10)12-4-2/h6,8H,4,7H2,1-2H3/b8-6+. The summed E-state index contributed by atoms with van der Waals surface area (Å²) in [6.45, 7) is 4.14. The van der Waals surface area contributed by atoms with E-state index in [-0.39, 0.29) is 0 Å². The highest BCUT2D eigenvalue weighted by Crippen LogP contribution is 1.82. The zero-order valence-corrected chi connectivity index (χ0v) is 7.29. The van der Waals surface area contributed by atoms with Crippen molar-refractivity contribution in [3.05, 3.63) is 12.3 Å². The summed E-state index contributed by atoms with van der Waals surface area (Å²) in [5, 5.41) is 0. The average Bonchev–Trinajstić information content (AvgIpc) is 2.05. The van der Waals surface area contributed by atoms with Gasteiger partial charge in [0.1, 0.15) is 6.61 Å². The van der Waals surface area contributed by atoms with Gasteiger partial charge >= 0.3 is 5.97 Å². The van der Waals surface area contributed by atoms with Gasteiger partial charge in [-0.1, -0.05) is 5.92 Å². The van der Waals surface area contributed by atoms with Crippen LogP contribution < -0.4 is 0 Å². The first-order chi connectivity index (χ1) is 5.81. The Balaban J connectivity index is 3.45. The average molecular weight is 168 g/mol. The smallest absolute Gasteiger partial charge is 0.333 e. The summed E-state index contributed by atoms with van der Waals surface area (Å²) in [6, 6.07) is 0. The van der Waals surface area contributed by atoms with Crippen LogP contribution in [-0.2, 0) is 14.3 Å². The normalized spacial score (nSPS) is 8.83. The molecule has 0 aliphatic heterocycles. The highest BCUT2D eigenvalue weighted by molar-refractivity contribution is 5.81. The van der Waals surface area contributed by atoms with Gasteiger partial charge in [0.05, 0.1) is 18.9 Å². The van der Waals surface area contributed by atoms with E-state index in [1.165, 1.54) is 12.3 Å². The van der Waals surface area contributed by atoms with Gasteiger partial charge in [-0.25, -0.2) is 4.79 Å². The van der Waals surface area contributed by atoms with Crippen molar-refractivity contribution in [1.82, 2.24) is 0 Å². The third kappa shape index (κ3) is 6.69. The van der Waals surface area contributed by atoms with Crippen LogP contribution in [0.4, 0.5) is 0 Å². The van der Waals surface area contributed by atoms with Gasteiger partial charge in [0.15, 0.2) is 0 Å². The number of carbonyl (C=O) groups excluding carboxylic acids is 1. The molecule has 0 spiro atoms. The molecule has 0 aromatic rings. The lowest BCUT2D eigenvalue weighted by Crippen LogP contribution is -1.99. The van der Waals surface area contributed by atoms with Crippen molar-refractivity contribution in [1.29, 1.82) is 0 Å². The minimum absolute atomic E-state index is 0.298. The Morgan fingerprint density at radius 2 is 2.33 bits per heavy atom. The molecule has 0 fully saturated rings. The number of hydrogen-bond acceptors (Lipinski definition) is 3. The van der Waals surface area contributed by atoms with E-state index in [1.54, 1.807) is 13.8 Å². The Hall–Kier alpha value is -1.43. The number of hydrogen-bond donors (Lipinski definition) is 0. The van der Waals surface area contributed by atoms with Crippen molar-refractivity contribution >= 4 is 5.97 Å². The first-order valence-electron chi connectivity index (χ1n) is 3.65. The monoisotopic (exact) mass is 168 g/mol. The molecule has 0 aliphatic rings. The van der Waals surface area contributed by atoms with Crippen LogP contribution >= 0.6 is 0 Å². The summed E-state index contributed by atoms with van der Waals surface area (Å²) in [7, 11) is 0. The van der Waals surface area contributed by atoms with Crippen molar-refractivity contribution in [3.8, 4) is 11.8 Å². The molecule has 0 rings (SSSR count). The minimum atomic E-state index is -0.401. The van der Waals surface area contributed by atoms with Gasteiger partial charge in [0, 0.05) is 0 Å². The van der Waals surface area contributed by atoms with Gasteiger partial charge < -0.3 is 9.47 Å². The topological polar surface area (TPSA) is 35.5 Å². The Morgan fingerprint density at radius 1 is 1.58 bits per heavy atom. The fourth-order valence-electron chi connectivity index (χ4n) is 0.456. The summed E-state index contributed by atoms with van der Waals surface area (Å²) in [5.74, 6) is 4.93. The Labute approximate surface area is 72.4 Å². The lowest BCUT2D eigenvalue weighted by Gasteiger charge is -1.94. The highest BCUT2D eigenvalue weighted by atomic mass is 16.5. The molecular weight excluding hydrogens is 156 g/mol. The first kappa shape index (κ1) is 10.6. The van der Waals surface area contributed by atoms with Crippen LogP contribution in [0.5, 0.6) is 0 Å². The summed E-state index contributed by atoms with van der Waals surface area (Å²) in [6.07, 6.45) is 2.50. The van der Waals surface area contributed by atoms with Crippen molar-refractivity contribution in [2.24, 2.45) is 0 Å². The van der Waals surface area contributed by atoms with Gasteiger partial charge in [0.2, 0.25) is 0 Å². The van der Waals surface area contributed by atoms with E-state index in [2.05, 4.69) is 16.6 Å². The predicted molar refractivity (Wildman–Crippen MR) is 45.2 cm³/mol. The molecule has 0 N–H and O–H groups in total. The molecular formula is C9H12O3. The lowest BCUT2D eigenvalue weighted by molar-refractivity contribution is -0.137. The van der Waals surface area contributed by atoms with E-state index in [0.29, 0.717) is 13.2 Å². The van der Waals surface area contributed by atoms with E-state index < -0.39 is 5.97 Å². The second-order valence-corrected chi connectivity index (χ2v) is 1.79. The molecule has 0 amide bonds. The van der Waals surface area contributed by atoms with E-state index in [4.69, 9.17) is 4.74 Å². The van der Waals surface area contributed by atoms with Gasteiger partial charge in [-0.3, -0.25) is 0 Å². The SMILES string of the molecule is CC#CCO/C=C/C(=O)OCC. The highest BCUT2D eigenvalue weighted by Gasteiger charge is 1.91. The Kier molecular flexibility index (Phi) is 6.76. The second kappa shape index (κ2) is 7.67. The summed E-state index contributed by atoms with van der Waals surface area (Å²) >= 11 is 0. The van der Waals surface area contributed by atoms with Crippen LogP contribution in [0, 0.1) is 11.8 Å². The van der Waals surface area contributed by atoms with Crippen LogP contribution in [0.1, 0.15) is 13.8 Å². The van der Waals surface area contributed by atoms with E-state index in [1.807, 2.05) is 0 Å². The van der Waals surface area contributed by atoms with Crippen LogP contribution in [0.15, 0.2) is 12.3 Å². The van der Waals surface area contributed by atoms with Crippen LogP contribution in [0.3, 0.4) is 0 Å². The maximum Gasteiger partial charge on any atom is 0.333 e. The Bertz CT molecular complexity index is 208. The number of rotatable bonds is 4. The van der Waals surface area contributed by atoms with Gasteiger partial charge in [-0.05, 0) is 13.8 Å². The fourth-order valence-corrected chi connectivity index (χ4v) is 0.456. The van der Waals surface area contributed by atoms with Gasteiger partial charge in [-0.2, -0.15) is 0 Å². The molecule has 66 valence electrons. The van der Waals surface area contributed by atoms with Crippen molar-refractivity contribution in [3.63, 3.8) is 0 Å². The Morgan fingerprint density at radius 3 is 2.92 bits per heavy atom. The number of ether oxygens (including phenoxy) is 2. The summed E-state index contributed by atoms with van der Waals surface area (Å²) in [5.41, 5.74) is 0. The summed E-state index contributed by atoms with van der Waals surface area (Å²) in [4.78, 5) is 10.7. The van der Waals surface area contributed by atoms with Crippen molar-refractivity contribution < 1.29 is 14.3 Å². The van der Waals surface area contributed by atoms with Crippen LogP contribution in [-0.4, -0.2) is 19.2 Å². The van der Waals surface area contributed by atoms with E-state index in [0.717, 1.165) is 0 Å². The maximum atomic E-state index is 10.7. The molecule has 0 aromatic carbocycles. The molecule has 0 atom stereocenters. The molecule has 3 heteroatoms.